The maximum Gasteiger partial charge on any atom is 0.192 e. The lowest BCUT2D eigenvalue weighted by Gasteiger charge is -2.13. The number of hydrogen-bond donors (Lipinski definition) is 0. The van der Waals surface area contributed by atoms with Crippen molar-refractivity contribution in [3.63, 3.8) is 0 Å². The molecule has 4 rings (SSSR count). The molecule has 1 aliphatic rings. The quantitative estimate of drug-likeness (QED) is 0.293. The van der Waals surface area contributed by atoms with Gasteiger partial charge in [0.05, 0.1) is 6.10 Å². The predicted molar refractivity (Wildman–Crippen MR) is 120 cm³/mol. The van der Waals surface area contributed by atoms with E-state index in [0.717, 1.165) is 30.0 Å². The molecule has 0 saturated heterocycles. The van der Waals surface area contributed by atoms with Gasteiger partial charge in [0, 0.05) is 28.4 Å². The van der Waals surface area contributed by atoms with Crippen LogP contribution in [0.1, 0.15) is 31.2 Å². The molecule has 4 nitrogen and oxygen atoms in total. The van der Waals surface area contributed by atoms with E-state index in [1.807, 2.05) is 28.8 Å². The Hall–Kier alpha value is -2.31. The van der Waals surface area contributed by atoms with Crippen LogP contribution in [0.25, 0.3) is 11.4 Å². The Labute approximate surface area is 185 Å². The summed E-state index contributed by atoms with van der Waals surface area (Å²) in [5.41, 5.74) is 1.41. The Kier molecular flexibility index (Phi) is 6.75. The number of halogens is 2. The fourth-order valence-corrected chi connectivity index (χ4v) is 4.88. The summed E-state index contributed by atoms with van der Waals surface area (Å²) in [5, 5.41) is 9.80. The van der Waals surface area contributed by atoms with Gasteiger partial charge in [0.2, 0.25) is 0 Å². The maximum atomic E-state index is 14.1. The third kappa shape index (κ3) is 4.71. The molecule has 3 aromatic rings. The van der Waals surface area contributed by atoms with Crippen LogP contribution in [-0.2, 0) is 12.3 Å². The van der Waals surface area contributed by atoms with Gasteiger partial charge >= 0.3 is 0 Å². The molecule has 1 saturated carbocycles. The number of benzene rings is 2. The van der Waals surface area contributed by atoms with E-state index < -0.39 is 0 Å². The third-order valence-corrected chi connectivity index (χ3v) is 6.50. The molecular formula is C23H23ClFN3OS. The molecule has 1 heterocycles. The van der Waals surface area contributed by atoms with Gasteiger partial charge in [0.15, 0.2) is 11.0 Å². The highest BCUT2D eigenvalue weighted by Gasteiger charge is 2.18. The first-order chi connectivity index (χ1) is 14.7. The Morgan fingerprint density at radius 3 is 2.63 bits per heavy atom. The summed E-state index contributed by atoms with van der Waals surface area (Å²) < 4.78 is 22.1. The zero-order chi connectivity index (χ0) is 20.9. The number of allylic oxidation sites excluding steroid dienone is 1. The van der Waals surface area contributed by atoms with Crippen LogP contribution in [0, 0.1) is 5.82 Å². The van der Waals surface area contributed by atoms with Crippen molar-refractivity contribution in [1.82, 2.24) is 14.8 Å². The van der Waals surface area contributed by atoms with Gasteiger partial charge in [-0.1, -0.05) is 35.5 Å². The minimum absolute atomic E-state index is 0.317. The van der Waals surface area contributed by atoms with Gasteiger partial charge in [-0.15, -0.1) is 16.8 Å². The second kappa shape index (κ2) is 9.67. The van der Waals surface area contributed by atoms with Crippen molar-refractivity contribution in [3.8, 4) is 17.1 Å². The van der Waals surface area contributed by atoms with Crippen molar-refractivity contribution in [1.29, 1.82) is 0 Å². The first-order valence-corrected chi connectivity index (χ1v) is 11.4. The van der Waals surface area contributed by atoms with E-state index in [-0.39, 0.29) is 5.82 Å². The summed E-state index contributed by atoms with van der Waals surface area (Å²) in [5.74, 6) is 1.67. The fraction of sp³-hybridized carbons (Fsp3) is 0.304. The Morgan fingerprint density at radius 1 is 1.17 bits per heavy atom. The van der Waals surface area contributed by atoms with Crippen LogP contribution >= 0.6 is 23.4 Å². The van der Waals surface area contributed by atoms with Crippen LogP contribution in [0.15, 0.2) is 60.3 Å². The minimum Gasteiger partial charge on any atom is -0.490 e. The first-order valence-electron chi connectivity index (χ1n) is 10.0. The number of ether oxygens (including phenoxy) is 1. The number of rotatable bonds is 8. The SMILES string of the molecule is C=CCn1c(SCc2c(F)cccc2Cl)nnc1-c1ccc(OC2CCCC2)cc1. The molecule has 0 spiro atoms. The maximum absolute atomic E-state index is 14.1. The average Bonchev–Trinajstić information content (AvgIpc) is 3.39. The topological polar surface area (TPSA) is 39.9 Å². The van der Waals surface area contributed by atoms with Gasteiger partial charge in [-0.05, 0) is 62.1 Å². The second-order valence-electron chi connectivity index (χ2n) is 7.24. The van der Waals surface area contributed by atoms with Crippen LogP contribution in [0.3, 0.4) is 0 Å². The van der Waals surface area contributed by atoms with Crippen LogP contribution in [0.5, 0.6) is 5.75 Å². The summed E-state index contributed by atoms with van der Waals surface area (Å²) in [6.07, 6.45) is 6.86. The van der Waals surface area contributed by atoms with Crippen molar-refractivity contribution in [2.24, 2.45) is 0 Å². The molecule has 156 valence electrons. The lowest BCUT2D eigenvalue weighted by atomic mass is 10.2. The van der Waals surface area contributed by atoms with Gasteiger partial charge in [0.1, 0.15) is 11.6 Å². The van der Waals surface area contributed by atoms with Gasteiger partial charge in [0.25, 0.3) is 0 Å². The molecule has 0 unspecified atom stereocenters. The lowest BCUT2D eigenvalue weighted by Crippen LogP contribution is -2.10. The normalized spacial score (nSPS) is 14.2. The second-order valence-corrected chi connectivity index (χ2v) is 8.59. The van der Waals surface area contributed by atoms with Crippen LogP contribution in [0.2, 0.25) is 5.02 Å². The summed E-state index contributed by atoms with van der Waals surface area (Å²) in [6, 6.07) is 12.7. The highest BCUT2D eigenvalue weighted by Crippen LogP contribution is 2.31. The number of nitrogens with zero attached hydrogens (tertiary/aromatic N) is 3. The summed E-state index contributed by atoms with van der Waals surface area (Å²) in [4.78, 5) is 0. The number of aromatic nitrogens is 3. The van der Waals surface area contributed by atoms with Crippen molar-refractivity contribution in [2.45, 2.75) is 49.2 Å². The molecule has 0 aliphatic heterocycles. The van der Waals surface area contributed by atoms with Crippen molar-refractivity contribution in [2.75, 3.05) is 0 Å². The molecule has 2 aromatic carbocycles. The predicted octanol–water partition coefficient (Wildman–Crippen LogP) is 6.54. The Bertz CT molecular complexity index is 996. The van der Waals surface area contributed by atoms with E-state index in [0.29, 0.717) is 34.1 Å². The first kappa shape index (κ1) is 20.9. The monoisotopic (exact) mass is 443 g/mol. The number of hydrogen-bond acceptors (Lipinski definition) is 4. The molecule has 0 N–H and O–H groups in total. The summed E-state index contributed by atoms with van der Waals surface area (Å²) in [6.45, 7) is 4.39. The molecule has 1 fully saturated rings. The molecule has 0 amide bonds. The molecule has 30 heavy (non-hydrogen) atoms. The standard InChI is InChI=1S/C23H23ClFN3OS/c1-2-14-28-22(16-10-12-18(13-11-16)29-17-6-3-4-7-17)26-27-23(28)30-15-19-20(24)8-5-9-21(19)25/h2,5,8-13,17H,1,3-4,6-7,14-15H2. The molecular weight excluding hydrogens is 421 g/mol. The molecule has 0 atom stereocenters. The van der Waals surface area contributed by atoms with E-state index in [4.69, 9.17) is 16.3 Å². The van der Waals surface area contributed by atoms with Gasteiger partial charge in [-0.3, -0.25) is 4.57 Å². The lowest BCUT2D eigenvalue weighted by molar-refractivity contribution is 0.210. The fourth-order valence-electron chi connectivity index (χ4n) is 3.59. The third-order valence-electron chi connectivity index (χ3n) is 5.15. The summed E-state index contributed by atoms with van der Waals surface area (Å²) in [7, 11) is 0. The van der Waals surface area contributed by atoms with Crippen LogP contribution < -0.4 is 4.74 Å². The minimum atomic E-state index is -0.317. The van der Waals surface area contributed by atoms with Crippen molar-refractivity contribution >= 4 is 23.4 Å². The van der Waals surface area contributed by atoms with Crippen LogP contribution in [-0.4, -0.2) is 20.9 Å². The van der Waals surface area contributed by atoms with Crippen molar-refractivity contribution in [3.05, 3.63) is 71.5 Å². The van der Waals surface area contributed by atoms with E-state index in [1.54, 1.807) is 18.2 Å². The molecule has 0 radical (unpaired) electrons. The smallest absolute Gasteiger partial charge is 0.192 e. The zero-order valence-electron chi connectivity index (χ0n) is 16.6. The molecule has 0 bridgehead atoms. The van der Waals surface area contributed by atoms with E-state index in [1.165, 1.54) is 30.7 Å². The Morgan fingerprint density at radius 2 is 1.93 bits per heavy atom. The summed E-state index contributed by atoms with van der Waals surface area (Å²) >= 11 is 7.55. The zero-order valence-corrected chi connectivity index (χ0v) is 18.1. The van der Waals surface area contributed by atoms with E-state index in [2.05, 4.69) is 16.8 Å². The van der Waals surface area contributed by atoms with E-state index in [9.17, 15) is 4.39 Å². The largest absolute Gasteiger partial charge is 0.490 e. The van der Waals surface area contributed by atoms with E-state index >= 15 is 0 Å². The van der Waals surface area contributed by atoms with Gasteiger partial charge in [-0.2, -0.15) is 0 Å². The molecule has 7 heteroatoms. The molecule has 1 aliphatic carbocycles. The van der Waals surface area contributed by atoms with Gasteiger partial charge < -0.3 is 4.74 Å². The number of thioether (sulfide) groups is 1. The Balaban J connectivity index is 1.52. The highest BCUT2D eigenvalue weighted by molar-refractivity contribution is 7.98. The van der Waals surface area contributed by atoms with Crippen LogP contribution in [0.4, 0.5) is 4.39 Å². The average molecular weight is 444 g/mol. The molecule has 1 aromatic heterocycles. The van der Waals surface area contributed by atoms with Gasteiger partial charge in [-0.25, -0.2) is 4.39 Å². The highest BCUT2D eigenvalue weighted by atomic mass is 35.5. The van der Waals surface area contributed by atoms with Crippen molar-refractivity contribution < 1.29 is 9.13 Å².